The summed E-state index contributed by atoms with van der Waals surface area (Å²) in [6.45, 7) is 0. The van der Waals surface area contributed by atoms with Crippen LogP contribution in [0.5, 0.6) is 0 Å². The second-order valence-electron chi connectivity index (χ2n) is 2.98. The summed E-state index contributed by atoms with van der Waals surface area (Å²) in [7, 11) is 1.63. The lowest BCUT2D eigenvalue weighted by atomic mass is 10.3. The van der Waals surface area contributed by atoms with Crippen molar-refractivity contribution in [1.82, 2.24) is 10.5 Å². The van der Waals surface area contributed by atoms with Gasteiger partial charge in [-0.05, 0) is 0 Å². The molecule has 0 aliphatic carbocycles. The molecular weight excluding hydrogens is 275 g/mol. The van der Waals surface area contributed by atoms with Crippen LogP contribution in [0.25, 0.3) is 0 Å². The summed E-state index contributed by atoms with van der Waals surface area (Å²) >= 11 is 1.23. The Morgan fingerprint density at radius 2 is 2.17 bits per heavy atom. The molecular formula is C8H8F3N3O3S. The standard InChI is InChI=1S/C8H8F3N3O3S/c1-12-7-13-4(3-18-7)2-5(15)14-17-6(16)8(9,10)11/h3H,2H2,1H3,(H,12,13)(H,14,15). The van der Waals surface area contributed by atoms with Gasteiger partial charge in [-0.1, -0.05) is 0 Å². The molecule has 0 aliphatic heterocycles. The second kappa shape index (κ2) is 5.67. The van der Waals surface area contributed by atoms with Gasteiger partial charge in [-0.15, -0.1) is 11.3 Å². The summed E-state index contributed by atoms with van der Waals surface area (Å²) in [5.41, 5.74) is 1.75. The predicted molar refractivity (Wildman–Crippen MR) is 55.7 cm³/mol. The molecule has 1 aromatic heterocycles. The number of hydrogen-bond donors (Lipinski definition) is 2. The first-order valence-corrected chi connectivity index (χ1v) is 5.40. The van der Waals surface area contributed by atoms with E-state index in [9.17, 15) is 22.8 Å². The van der Waals surface area contributed by atoms with Crippen molar-refractivity contribution in [1.29, 1.82) is 0 Å². The largest absolute Gasteiger partial charge is 0.493 e. The van der Waals surface area contributed by atoms with Crippen LogP contribution in [0.2, 0.25) is 0 Å². The molecule has 0 spiro atoms. The number of carbonyl (C=O) groups is 2. The number of carbonyl (C=O) groups excluding carboxylic acids is 2. The summed E-state index contributed by atoms with van der Waals surface area (Å²) < 4.78 is 35.2. The summed E-state index contributed by atoms with van der Waals surface area (Å²) in [5, 5.41) is 4.85. The van der Waals surface area contributed by atoms with Gasteiger partial charge in [0.2, 0.25) is 0 Å². The van der Waals surface area contributed by atoms with Gasteiger partial charge in [-0.3, -0.25) is 4.79 Å². The number of alkyl halides is 3. The number of hydrogen-bond acceptors (Lipinski definition) is 6. The smallest absolute Gasteiger partial charge is 0.365 e. The minimum Gasteiger partial charge on any atom is -0.365 e. The summed E-state index contributed by atoms with van der Waals surface area (Å²) in [4.78, 5) is 28.9. The van der Waals surface area contributed by atoms with E-state index in [2.05, 4.69) is 15.1 Å². The number of aromatic nitrogens is 1. The van der Waals surface area contributed by atoms with Gasteiger partial charge in [0.15, 0.2) is 5.13 Å². The molecule has 100 valence electrons. The Bertz CT molecular complexity index is 446. The minimum absolute atomic E-state index is 0.288. The molecule has 1 heterocycles. The van der Waals surface area contributed by atoms with Crippen LogP contribution in [0, 0.1) is 0 Å². The third kappa shape index (κ3) is 4.20. The van der Waals surface area contributed by atoms with Crippen LogP contribution >= 0.6 is 11.3 Å². The SMILES string of the molecule is CNc1nc(CC(=O)NOC(=O)C(F)(F)F)cs1. The first kappa shape index (κ1) is 14.2. The zero-order valence-electron chi connectivity index (χ0n) is 9.00. The molecule has 0 saturated carbocycles. The number of nitrogens with one attached hydrogen (secondary N) is 2. The van der Waals surface area contributed by atoms with E-state index < -0.39 is 18.1 Å². The van der Waals surface area contributed by atoms with Crippen molar-refractivity contribution in [2.45, 2.75) is 12.6 Å². The van der Waals surface area contributed by atoms with Crippen molar-refractivity contribution < 1.29 is 27.6 Å². The maximum absolute atomic E-state index is 11.7. The lowest BCUT2D eigenvalue weighted by Crippen LogP contribution is -2.35. The highest BCUT2D eigenvalue weighted by Crippen LogP contribution is 2.16. The van der Waals surface area contributed by atoms with Gasteiger partial charge in [-0.25, -0.2) is 9.78 Å². The fourth-order valence-electron chi connectivity index (χ4n) is 0.865. The first-order chi connectivity index (χ1) is 8.32. The van der Waals surface area contributed by atoms with E-state index in [1.165, 1.54) is 16.8 Å². The molecule has 10 heteroatoms. The van der Waals surface area contributed by atoms with Crippen molar-refractivity contribution in [2.24, 2.45) is 0 Å². The molecule has 2 N–H and O–H groups in total. The Hall–Kier alpha value is -1.84. The number of halogens is 3. The Balaban J connectivity index is 2.40. The molecule has 0 aromatic carbocycles. The maximum atomic E-state index is 11.7. The van der Waals surface area contributed by atoms with Crippen LogP contribution in [0.3, 0.4) is 0 Å². The fraction of sp³-hybridized carbons (Fsp3) is 0.375. The average molecular weight is 283 g/mol. The molecule has 0 bridgehead atoms. The van der Waals surface area contributed by atoms with E-state index >= 15 is 0 Å². The summed E-state index contributed by atoms with van der Waals surface area (Å²) in [6, 6.07) is 0. The average Bonchev–Trinajstić information content (AvgIpc) is 2.72. The monoisotopic (exact) mass is 283 g/mol. The third-order valence-electron chi connectivity index (χ3n) is 1.60. The number of anilines is 1. The van der Waals surface area contributed by atoms with Gasteiger partial charge in [0.1, 0.15) is 0 Å². The van der Waals surface area contributed by atoms with E-state index in [1.54, 1.807) is 12.4 Å². The van der Waals surface area contributed by atoms with Gasteiger partial charge in [0.05, 0.1) is 12.1 Å². The van der Waals surface area contributed by atoms with Crippen molar-refractivity contribution in [3.05, 3.63) is 11.1 Å². The Labute approximate surface area is 103 Å². The molecule has 1 amide bonds. The van der Waals surface area contributed by atoms with Crippen LogP contribution in [0.1, 0.15) is 5.69 Å². The lowest BCUT2D eigenvalue weighted by molar-refractivity contribution is -0.207. The highest BCUT2D eigenvalue weighted by Gasteiger charge is 2.41. The number of amides is 1. The highest BCUT2D eigenvalue weighted by atomic mass is 32.1. The van der Waals surface area contributed by atoms with E-state index in [1.807, 2.05) is 0 Å². The molecule has 6 nitrogen and oxygen atoms in total. The Kier molecular flexibility index (Phi) is 4.48. The van der Waals surface area contributed by atoms with Gasteiger partial charge in [0, 0.05) is 12.4 Å². The first-order valence-electron chi connectivity index (χ1n) is 4.52. The molecule has 0 saturated heterocycles. The van der Waals surface area contributed by atoms with Crippen molar-refractivity contribution in [3.63, 3.8) is 0 Å². The van der Waals surface area contributed by atoms with Crippen LogP contribution in [0.4, 0.5) is 18.3 Å². The number of hydroxylamine groups is 1. The Morgan fingerprint density at radius 3 is 2.67 bits per heavy atom. The van der Waals surface area contributed by atoms with Crippen molar-refractivity contribution in [3.8, 4) is 0 Å². The van der Waals surface area contributed by atoms with E-state index in [0.717, 1.165) is 0 Å². The summed E-state index contributed by atoms with van der Waals surface area (Å²) in [5.74, 6) is -3.38. The number of rotatable bonds is 3. The van der Waals surface area contributed by atoms with Gasteiger partial charge >= 0.3 is 12.1 Å². The quantitative estimate of drug-likeness (QED) is 0.804. The lowest BCUT2D eigenvalue weighted by Gasteiger charge is -2.06. The van der Waals surface area contributed by atoms with Gasteiger partial charge in [-0.2, -0.15) is 18.7 Å². The molecule has 0 aliphatic rings. The minimum atomic E-state index is -5.15. The Morgan fingerprint density at radius 1 is 1.50 bits per heavy atom. The van der Waals surface area contributed by atoms with Gasteiger partial charge in [0.25, 0.3) is 5.91 Å². The fourth-order valence-corrected chi connectivity index (χ4v) is 1.54. The van der Waals surface area contributed by atoms with Crippen molar-refractivity contribution >= 4 is 28.3 Å². The molecule has 18 heavy (non-hydrogen) atoms. The van der Waals surface area contributed by atoms with Crippen LogP contribution < -0.4 is 10.8 Å². The molecule has 1 rings (SSSR count). The molecule has 0 unspecified atom stereocenters. The van der Waals surface area contributed by atoms with E-state index in [0.29, 0.717) is 10.8 Å². The molecule has 0 radical (unpaired) electrons. The molecule has 1 aromatic rings. The van der Waals surface area contributed by atoms with Crippen LogP contribution in [-0.2, 0) is 20.8 Å². The zero-order chi connectivity index (χ0) is 13.8. The van der Waals surface area contributed by atoms with E-state index in [-0.39, 0.29) is 6.42 Å². The number of thiazole rings is 1. The number of nitrogens with zero attached hydrogens (tertiary/aromatic N) is 1. The second-order valence-corrected chi connectivity index (χ2v) is 3.84. The highest BCUT2D eigenvalue weighted by molar-refractivity contribution is 7.13. The van der Waals surface area contributed by atoms with Gasteiger partial charge < -0.3 is 10.2 Å². The maximum Gasteiger partial charge on any atom is 0.493 e. The van der Waals surface area contributed by atoms with Crippen LogP contribution in [0.15, 0.2) is 5.38 Å². The van der Waals surface area contributed by atoms with E-state index in [4.69, 9.17) is 0 Å². The zero-order valence-corrected chi connectivity index (χ0v) is 9.82. The predicted octanol–water partition coefficient (Wildman–Crippen LogP) is 0.864. The van der Waals surface area contributed by atoms with Crippen LogP contribution in [-0.4, -0.2) is 30.1 Å². The van der Waals surface area contributed by atoms with Crippen molar-refractivity contribution in [2.75, 3.05) is 12.4 Å². The third-order valence-corrected chi connectivity index (χ3v) is 2.50. The summed E-state index contributed by atoms with van der Waals surface area (Å²) in [6.07, 6.45) is -5.43. The molecule has 0 fully saturated rings. The topological polar surface area (TPSA) is 80.3 Å². The molecule has 0 atom stereocenters. The normalized spacial score (nSPS) is 10.9.